The molecule has 0 unspecified atom stereocenters. The van der Waals surface area contributed by atoms with Crippen molar-refractivity contribution >= 4 is 39.3 Å². The molecule has 0 bridgehead atoms. The van der Waals surface area contributed by atoms with Gasteiger partial charge in [-0.25, -0.2) is 4.39 Å². The summed E-state index contributed by atoms with van der Waals surface area (Å²) in [6, 6.07) is 13.5. The highest BCUT2D eigenvalue weighted by Crippen LogP contribution is 2.19. The average molecular weight is 340 g/mol. The molecule has 0 saturated carbocycles. The van der Waals surface area contributed by atoms with E-state index in [0.717, 1.165) is 15.1 Å². The van der Waals surface area contributed by atoms with Gasteiger partial charge < -0.3 is 5.32 Å². The third-order valence-electron chi connectivity index (χ3n) is 2.29. The van der Waals surface area contributed by atoms with Crippen molar-refractivity contribution in [2.75, 3.05) is 11.1 Å². The van der Waals surface area contributed by atoms with Crippen LogP contribution >= 0.6 is 27.7 Å². The Kier molecular flexibility index (Phi) is 4.99. The zero-order valence-electron chi connectivity index (χ0n) is 9.90. The van der Waals surface area contributed by atoms with Crippen molar-refractivity contribution in [3.05, 3.63) is 58.8 Å². The largest absolute Gasteiger partial charge is 0.325 e. The summed E-state index contributed by atoms with van der Waals surface area (Å²) in [5.74, 6) is -0.0756. The number of halogens is 2. The van der Waals surface area contributed by atoms with Gasteiger partial charge in [-0.3, -0.25) is 4.79 Å². The standard InChI is InChI=1S/C14H11BrFNOS/c15-10-2-1-3-12(8-10)17-14(18)9-19-13-6-4-11(16)5-7-13/h1-8H,9H2,(H,17,18). The van der Waals surface area contributed by atoms with Gasteiger partial charge in [0.05, 0.1) is 5.75 Å². The second-order valence-corrected chi connectivity index (χ2v) is 5.77. The SMILES string of the molecule is O=C(CSc1ccc(F)cc1)Nc1cccc(Br)c1. The summed E-state index contributed by atoms with van der Waals surface area (Å²) < 4.78 is 13.6. The van der Waals surface area contributed by atoms with E-state index in [1.807, 2.05) is 24.3 Å². The molecule has 2 aromatic rings. The van der Waals surface area contributed by atoms with Crippen molar-refractivity contribution < 1.29 is 9.18 Å². The monoisotopic (exact) mass is 339 g/mol. The van der Waals surface area contributed by atoms with Crippen LogP contribution in [0.1, 0.15) is 0 Å². The molecule has 5 heteroatoms. The highest BCUT2D eigenvalue weighted by molar-refractivity contribution is 9.10. The van der Waals surface area contributed by atoms with Crippen molar-refractivity contribution in [1.82, 2.24) is 0 Å². The Morgan fingerprint density at radius 1 is 1.21 bits per heavy atom. The van der Waals surface area contributed by atoms with E-state index in [-0.39, 0.29) is 17.5 Å². The smallest absolute Gasteiger partial charge is 0.234 e. The zero-order chi connectivity index (χ0) is 13.7. The summed E-state index contributed by atoms with van der Waals surface area (Å²) >= 11 is 4.71. The second kappa shape index (κ2) is 6.73. The van der Waals surface area contributed by atoms with Gasteiger partial charge >= 0.3 is 0 Å². The fourth-order valence-electron chi connectivity index (χ4n) is 1.44. The van der Waals surface area contributed by atoms with E-state index in [1.54, 1.807) is 12.1 Å². The summed E-state index contributed by atoms with van der Waals surface area (Å²) in [6.45, 7) is 0. The predicted octanol–water partition coefficient (Wildman–Crippen LogP) is 4.32. The van der Waals surface area contributed by atoms with Gasteiger partial charge in [-0.1, -0.05) is 22.0 Å². The lowest BCUT2D eigenvalue weighted by atomic mass is 10.3. The van der Waals surface area contributed by atoms with E-state index in [1.165, 1.54) is 23.9 Å². The second-order valence-electron chi connectivity index (χ2n) is 3.80. The van der Waals surface area contributed by atoms with Gasteiger partial charge in [-0.15, -0.1) is 11.8 Å². The Balaban J connectivity index is 1.86. The quantitative estimate of drug-likeness (QED) is 0.840. The summed E-state index contributed by atoms with van der Waals surface area (Å²) in [4.78, 5) is 12.6. The summed E-state index contributed by atoms with van der Waals surface area (Å²) in [5, 5.41) is 2.80. The fraction of sp³-hybridized carbons (Fsp3) is 0.0714. The van der Waals surface area contributed by atoms with E-state index >= 15 is 0 Å². The summed E-state index contributed by atoms with van der Waals surface area (Å²) in [7, 11) is 0. The molecule has 1 amide bonds. The zero-order valence-corrected chi connectivity index (χ0v) is 12.3. The molecule has 0 aliphatic rings. The third-order valence-corrected chi connectivity index (χ3v) is 3.80. The van der Waals surface area contributed by atoms with Crippen molar-refractivity contribution in [3.8, 4) is 0 Å². The van der Waals surface area contributed by atoms with Gasteiger partial charge in [-0.05, 0) is 42.5 Å². The van der Waals surface area contributed by atoms with Crippen LogP contribution in [0.15, 0.2) is 57.9 Å². The maximum absolute atomic E-state index is 12.7. The number of hydrogen-bond donors (Lipinski definition) is 1. The fourth-order valence-corrected chi connectivity index (χ4v) is 2.54. The van der Waals surface area contributed by atoms with Crippen LogP contribution in [0, 0.1) is 5.82 Å². The first-order valence-electron chi connectivity index (χ1n) is 5.57. The van der Waals surface area contributed by atoms with Crippen LogP contribution in [0.2, 0.25) is 0 Å². The maximum Gasteiger partial charge on any atom is 0.234 e. The lowest BCUT2D eigenvalue weighted by molar-refractivity contribution is -0.113. The summed E-state index contributed by atoms with van der Waals surface area (Å²) in [5.41, 5.74) is 0.749. The van der Waals surface area contributed by atoms with Crippen LogP contribution in [-0.4, -0.2) is 11.7 Å². The predicted molar refractivity (Wildman–Crippen MR) is 79.9 cm³/mol. The molecule has 0 aromatic heterocycles. The topological polar surface area (TPSA) is 29.1 Å². The van der Waals surface area contributed by atoms with Crippen LogP contribution in [0.3, 0.4) is 0 Å². The minimum Gasteiger partial charge on any atom is -0.325 e. The lowest BCUT2D eigenvalue weighted by Gasteiger charge is -2.05. The first-order valence-corrected chi connectivity index (χ1v) is 7.35. The van der Waals surface area contributed by atoms with E-state index in [0.29, 0.717) is 0 Å². The Hall–Kier alpha value is -1.33. The number of benzene rings is 2. The molecule has 0 spiro atoms. The lowest BCUT2D eigenvalue weighted by Crippen LogP contribution is -2.13. The Morgan fingerprint density at radius 3 is 2.63 bits per heavy atom. The van der Waals surface area contributed by atoms with Gasteiger partial charge in [0, 0.05) is 15.1 Å². The Bertz CT molecular complexity index is 574. The molecule has 98 valence electrons. The summed E-state index contributed by atoms with van der Waals surface area (Å²) in [6.07, 6.45) is 0. The molecule has 0 atom stereocenters. The molecule has 2 rings (SSSR count). The highest BCUT2D eigenvalue weighted by atomic mass is 79.9. The molecule has 0 fully saturated rings. The minimum absolute atomic E-state index is 0.0903. The molecule has 0 heterocycles. The molecule has 1 N–H and O–H groups in total. The minimum atomic E-state index is -0.275. The van der Waals surface area contributed by atoms with Crippen molar-refractivity contribution in [2.45, 2.75) is 4.90 Å². The number of amides is 1. The van der Waals surface area contributed by atoms with Crippen molar-refractivity contribution in [1.29, 1.82) is 0 Å². The average Bonchev–Trinajstić information content (AvgIpc) is 2.38. The van der Waals surface area contributed by atoms with Crippen LogP contribution < -0.4 is 5.32 Å². The van der Waals surface area contributed by atoms with Gasteiger partial charge in [-0.2, -0.15) is 0 Å². The Morgan fingerprint density at radius 2 is 1.95 bits per heavy atom. The third kappa shape index (κ3) is 4.69. The Labute approximate surface area is 123 Å². The van der Waals surface area contributed by atoms with Crippen molar-refractivity contribution in [3.63, 3.8) is 0 Å². The van der Waals surface area contributed by atoms with E-state index in [4.69, 9.17) is 0 Å². The normalized spacial score (nSPS) is 10.2. The van der Waals surface area contributed by atoms with Crippen LogP contribution in [0.4, 0.5) is 10.1 Å². The molecular formula is C14H11BrFNOS. The molecule has 2 nitrogen and oxygen atoms in total. The van der Waals surface area contributed by atoms with Gasteiger partial charge in [0.1, 0.15) is 5.82 Å². The number of rotatable bonds is 4. The van der Waals surface area contributed by atoms with Gasteiger partial charge in [0.2, 0.25) is 5.91 Å². The maximum atomic E-state index is 12.7. The molecule has 0 saturated heterocycles. The highest BCUT2D eigenvalue weighted by Gasteiger charge is 2.04. The first kappa shape index (κ1) is 14.1. The molecule has 19 heavy (non-hydrogen) atoms. The van der Waals surface area contributed by atoms with Crippen LogP contribution in [-0.2, 0) is 4.79 Å². The van der Waals surface area contributed by atoms with Crippen molar-refractivity contribution in [2.24, 2.45) is 0 Å². The molecule has 0 radical (unpaired) electrons. The molecule has 0 aliphatic heterocycles. The molecule has 0 aliphatic carbocycles. The number of nitrogens with one attached hydrogen (secondary N) is 1. The van der Waals surface area contributed by atoms with E-state index in [2.05, 4.69) is 21.2 Å². The van der Waals surface area contributed by atoms with Crippen LogP contribution in [0.5, 0.6) is 0 Å². The number of carbonyl (C=O) groups excluding carboxylic acids is 1. The van der Waals surface area contributed by atoms with Crippen LogP contribution in [0.25, 0.3) is 0 Å². The molecular weight excluding hydrogens is 329 g/mol. The number of thioether (sulfide) groups is 1. The number of hydrogen-bond acceptors (Lipinski definition) is 2. The van der Waals surface area contributed by atoms with E-state index in [9.17, 15) is 9.18 Å². The number of anilines is 1. The van der Waals surface area contributed by atoms with Gasteiger partial charge in [0.25, 0.3) is 0 Å². The first-order chi connectivity index (χ1) is 9.13. The van der Waals surface area contributed by atoms with E-state index < -0.39 is 0 Å². The van der Waals surface area contributed by atoms with Gasteiger partial charge in [0.15, 0.2) is 0 Å². The number of carbonyl (C=O) groups is 1. The molecule has 2 aromatic carbocycles.